The molecule has 4 rings (SSSR count). The topological polar surface area (TPSA) is 59.6 Å². The first kappa shape index (κ1) is 23.4. The summed E-state index contributed by atoms with van der Waals surface area (Å²) in [5, 5.41) is 6.23. The van der Waals surface area contributed by atoms with Gasteiger partial charge in [0.15, 0.2) is 6.61 Å². The lowest BCUT2D eigenvalue weighted by Crippen LogP contribution is -2.20. The molecule has 172 valence electrons. The summed E-state index contributed by atoms with van der Waals surface area (Å²) < 4.78 is 12.3. The molecular weight excluding hydrogens is 492 g/mol. The molecule has 5 nitrogen and oxygen atoms in total. The molecule has 0 radical (unpaired) electrons. The van der Waals surface area contributed by atoms with E-state index in [1.807, 2.05) is 104 Å². The van der Waals surface area contributed by atoms with Crippen molar-refractivity contribution in [1.82, 2.24) is 0 Å². The van der Waals surface area contributed by atoms with E-state index in [2.05, 4.69) is 26.6 Å². The molecule has 0 heterocycles. The number of para-hydroxylation sites is 1. The van der Waals surface area contributed by atoms with Gasteiger partial charge < -0.3 is 20.1 Å². The van der Waals surface area contributed by atoms with E-state index >= 15 is 0 Å². The summed E-state index contributed by atoms with van der Waals surface area (Å²) in [7, 11) is 0. The van der Waals surface area contributed by atoms with E-state index in [-0.39, 0.29) is 12.5 Å². The van der Waals surface area contributed by atoms with Crippen LogP contribution in [0, 0.1) is 6.92 Å². The summed E-state index contributed by atoms with van der Waals surface area (Å²) in [6, 6.07) is 31.0. The molecule has 0 unspecified atom stereocenters. The third-order valence-electron chi connectivity index (χ3n) is 5.02. The van der Waals surface area contributed by atoms with Gasteiger partial charge in [0, 0.05) is 17.9 Å². The van der Waals surface area contributed by atoms with Gasteiger partial charge in [-0.25, -0.2) is 0 Å². The second kappa shape index (κ2) is 11.4. The summed E-state index contributed by atoms with van der Waals surface area (Å²) >= 11 is 3.54. The Balaban J connectivity index is 1.25. The van der Waals surface area contributed by atoms with Crippen molar-refractivity contribution >= 4 is 33.2 Å². The highest BCUT2D eigenvalue weighted by Crippen LogP contribution is 2.27. The van der Waals surface area contributed by atoms with Crippen molar-refractivity contribution in [2.75, 3.05) is 17.2 Å². The third kappa shape index (κ3) is 6.86. The van der Waals surface area contributed by atoms with Crippen molar-refractivity contribution < 1.29 is 14.3 Å². The second-order valence-corrected chi connectivity index (χ2v) is 8.62. The van der Waals surface area contributed by atoms with Gasteiger partial charge in [0.1, 0.15) is 17.2 Å². The van der Waals surface area contributed by atoms with Crippen LogP contribution in [0.25, 0.3) is 0 Å². The van der Waals surface area contributed by atoms with Crippen LogP contribution >= 0.6 is 15.9 Å². The molecule has 6 heteroatoms. The number of nitrogens with one attached hydrogen (secondary N) is 2. The summed E-state index contributed by atoms with van der Waals surface area (Å²) in [4.78, 5) is 12.2. The number of anilines is 2. The van der Waals surface area contributed by atoms with Gasteiger partial charge in [-0.3, -0.25) is 4.79 Å². The fraction of sp³-hybridized carbons (Fsp3) is 0.107. The number of rotatable bonds is 9. The van der Waals surface area contributed by atoms with Crippen LogP contribution < -0.4 is 20.1 Å². The monoisotopic (exact) mass is 516 g/mol. The van der Waals surface area contributed by atoms with E-state index in [0.717, 1.165) is 38.5 Å². The highest BCUT2D eigenvalue weighted by Gasteiger charge is 2.08. The molecule has 0 aliphatic carbocycles. The number of carbonyl (C=O) groups is 1. The van der Waals surface area contributed by atoms with Gasteiger partial charge in [-0.05, 0) is 89.1 Å². The smallest absolute Gasteiger partial charge is 0.262 e. The quantitative estimate of drug-likeness (QED) is 0.247. The van der Waals surface area contributed by atoms with Crippen molar-refractivity contribution in [1.29, 1.82) is 0 Å². The van der Waals surface area contributed by atoms with E-state index in [0.29, 0.717) is 12.3 Å². The zero-order chi connectivity index (χ0) is 23.8. The SMILES string of the molecule is Cc1ccc(NC(=O)COc2ccc(CNc3ccc(Oc4ccccc4)cc3)cc2Br)cc1. The Bertz CT molecular complexity index is 1230. The Kier molecular flexibility index (Phi) is 7.83. The molecule has 0 saturated carbocycles. The maximum atomic E-state index is 12.2. The number of carbonyl (C=O) groups excluding carboxylic acids is 1. The molecule has 0 aliphatic heterocycles. The van der Waals surface area contributed by atoms with Crippen molar-refractivity contribution in [3.8, 4) is 17.2 Å². The van der Waals surface area contributed by atoms with Gasteiger partial charge in [-0.15, -0.1) is 0 Å². The minimum atomic E-state index is -0.207. The van der Waals surface area contributed by atoms with Crippen molar-refractivity contribution in [2.45, 2.75) is 13.5 Å². The third-order valence-corrected chi connectivity index (χ3v) is 5.64. The number of aryl methyl sites for hydroxylation is 1. The molecule has 2 N–H and O–H groups in total. The number of hydrogen-bond acceptors (Lipinski definition) is 4. The maximum absolute atomic E-state index is 12.2. The molecule has 0 saturated heterocycles. The molecule has 0 aliphatic rings. The number of halogens is 1. The first-order valence-corrected chi connectivity index (χ1v) is 11.7. The number of amides is 1. The standard InChI is InChI=1S/C28H25BrN2O3/c1-20-7-10-23(11-8-20)31-28(32)19-33-27-16-9-21(17-26(27)29)18-30-22-12-14-25(15-13-22)34-24-5-3-2-4-6-24/h2-17,30H,18-19H2,1H3,(H,31,32). The fourth-order valence-electron chi connectivity index (χ4n) is 3.22. The van der Waals surface area contributed by atoms with Crippen molar-refractivity contribution in [2.24, 2.45) is 0 Å². The summed E-state index contributed by atoms with van der Waals surface area (Å²) in [5.74, 6) is 2.00. The van der Waals surface area contributed by atoms with Crippen LogP contribution in [0.3, 0.4) is 0 Å². The molecule has 0 spiro atoms. The molecule has 4 aromatic carbocycles. The van der Waals surface area contributed by atoms with Crippen molar-refractivity contribution in [3.05, 3.63) is 113 Å². The highest BCUT2D eigenvalue weighted by atomic mass is 79.9. The number of ether oxygens (including phenoxy) is 2. The molecule has 4 aromatic rings. The molecule has 0 bridgehead atoms. The van der Waals surface area contributed by atoms with Gasteiger partial charge >= 0.3 is 0 Å². The normalized spacial score (nSPS) is 10.4. The largest absolute Gasteiger partial charge is 0.483 e. The van der Waals surface area contributed by atoms with Crippen LogP contribution in [0.1, 0.15) is 11.1 Å². The zero-order valence-electron chi connectivity index (χ0n) is 18.8. The average molecular weight is 517 g/mol. The minimum Gasteiger partial charge on any atom is -0.483 e. The summed E-state index contributed by atoms with van der Waals surface area (Å²) in [6.07, 6.45) is 0. The Morgan fingerprint density at radius 1 is 0.824 bits per heavy atom. The van der Waals surface area contributed by atoms with Crippen LogP contribution in [0.15, 0.2) is 102 Å². The fourth-order valence-corrected chi connectivity index (χ4v) is 3.76. The van der Waals surface area contributed by atoms with Crippen LogP contribution in [0.4, 0.5) is 11.4 Å². The van der Waals surface area contributed by atoms with Gasteiger partial charge in [0.2, 0.25) is 0 Å². The molecule has 0 atom stereocenters. The lowest BCUT2D eigenvalue weighted by molar-refractivity contribution is -0.118. The van der Waals surface area contributed by atoms with Crippen LogP contribution in [-0.2, 0) is 11.3 Å². The first-order valence-electron chi connectivity index (χ1n) is 10.9. The molecule has 34 heavy (non-hydrogen) atoms. The molecule has 0 fully saturated rings. The number of hydrogen-bond donors (Lipinski definition) is 2. The Labute approximate surface area is 207 Å². The molecule has 1 amide bonds. The van der Waals surface area contributed by atoms with Crippen LogP contribution in [0.2, 0.25) is 0 Å². The number of benzene rings is 4. The Hall–Kier alpha value is -3.77. The van der Waals surface area contributed by atoms with Crippen LogP contribution in [0.5, 0.6) is 17.2 Å². The average Bonchev–Trinajstić information content (AvgIpc) is 2.85. The lowest BCUT2D eigenvalue weighted by atomic mass is 10.2. The zero-order valence-corrected chi connectivity index (χ0v) is 20.3. The van der Waals surface area contributed by atoms with Gasteiger partial charge in [0.25, 0.3) is 5.91 Å². The van der Waals surface area contributed by atoms with E-state index in [1.54, 1.807) is 0 Å². The summed E-state index contributed by atoms with van der Waals surface area (Å²) in [6.45, 7) is 2.58. The molecule has 0 aromatic heterocycles. The minimum absolute atomic E-state index is 0.0680. The maximum Gasteiger partial charge on any atom is 0.262 e. The summed E-state index contributed by atoms with van der Waals surface area (Å²) in [5.41, 5.74) is 3.96. The van der Waals surface area contributed by atoms with E-state index in [9.17, 15) is 4.79 Å². The Morgan fingerprint density at radius 2 is 1.50 bits per heavy atom. The van der Waals surface area contributed by atoms with Crippen molar-refractivity contribution in [3.63, 3.8) is 0 Å². The van der Waals surface area contributed by atoms with Gasteiger partial charge in [-0.1, -0.05) is 42.0 Å². The van der Waals surface area contributed by atoms with Crippen LogP contribution in [-0.4, -0.2) is 12.5 Å². The van der Waals surface area contributed by atoms with Gasteiger partial charge in [-0.2, -0.15) is 0 Å². The van der Waals surface area contributed by atoms with E-state index < -0.39 is 0 Å². The van der Waals surface area contributed by atoms with Gasteiger partial charge in [0.05, 0.1) is 4.47 Å². The van der Waals surface area contributed by atoms with E-state index in [1.165, 1.54) is 0 Å². The highest BCUT2D eigenvalue weighted by molar-refractivity contribution is 9.10. The first-order chi connectivity index (χ1) is 16.5. The predicted molar refractivity (Wildman–Crippen MR) is 140 cm³/mol. The Morgan fingerprint density at radius 3 is 2.21 bits per heavy atom. The predicted octanol–water partition coefficient (Wildman–Crippen LogP) is 7.18. The molecular formula is C28H25BrN2O3. The second-order valence-electron chi connectivity index (χ2n) is 7.76. The van der Waals surface area contributed by atoms with E-state index in [4.69, 9.17) is 9.47 Å². The lowest BCUT2D eigenvalue weighted by Gasteiger charge is -2.12.